The summed E-state index contributed by atoms with van der Waals surface area (Å²) < 4.78 is 5.39. The Bertz CT molecular complexity index is 253. The van der Waals surface area contributed by atoms with Crippen molar-refractivity contribution in [3.05, 3.63) is 0 Å². The van der Waals surface area contributed by atoms with E-state index >= 15 is 0 Å². The van der Waals surface area contributed by atoms with Gasteiger partial charge in [-0.1, -0.05) is 32.1 Å². The molecule has 0 spiro atoms. The molecule has 1 rings (SSSR count). The maximum atomic E-state index is 10.7. The van der Waals surface area contributed by atoms with Gasteiger partial charge in [0, 0.05) is 26.6 Å². The number of ether oxygens (including phenoxy) is 1. The topological polar surface area (TPSA) is 29.5 Å². The van der Waals surface area contributed by atoms with Crippen LogP contribution in [0.2, 0.25) is 0 Å². The maximum Gasteiger partial charge on any atom is 0.185 e. The number of likely N-dealkylation sites (tertiary alicyclic amines) is 1. The zero-order chi connectivity index (χ0) is 14.6. The average molecular weight is 301 g/mol. The second-order valence-electron chi connectivity index (χ2n) is 5.90. The first-order chi connectivity index (χ1) is 9.72. The summed E-state index contributed by atoms with van der Waals surface area (Å²) in [6.45, 7) is 3.66. The van der Waals surface area contributed by atoms with Crippen LogP contribution < -0.4 is 0 Å². The minimum atomic E-state index is 0.0299. The third kappa shape index (κ3) is 8.98. The molecule has 1 heterocycles. The molecule has 0 aromatic rings. The number of nitrogens with zero attached hydrogens (tertiary/aromatic N) is 1. The van der Waals surface area contributed by atoms with E-state index in [2.05, 4.69) is 17.5 Å². The lowest BCUT2D eigenvalue weighted by molar-refractivity contribution is -0.110. The highest BCUT2D eigenvalue weighted by Crippen LogP contribution is 2.14. The van der Waals surface area contributed by atoms with E-state index in [1.165, 1.54) is 71.0 Å². The summed E-state index contributed by atoms with van der Waals surface area (Å²) in [5, 5.41) is 0.0299. The van der Waals surface area contributed by atoms with Crippen molar-refractivity contribution in [1.29, 1.82) is 0 Å². The molecule has 1 fully saturated rings. The molecule has 20 heavy (non-hydrogen) atoms. The molecule has 1 saturated heterocycles. The number of methoxy groups -OCH3 is 1. The number of unbranched alkanes of at least 4 members (excludes halogenated alkanes) is 6. The van der Waals surface area contributed by atoms with Crippen LogP contribution in [-0.4, -0.2) is 42.9 Å². The molecule has 0 aliphatic carbocycles. The van der Waals surface area contributed by atoms with Crippen molar-refractivity contribution in [2.24, 2.45) is 0 Å². The second kappa shape index (κ2) is 11.6. The molecule has 118 valence electrons. The minimum absolute atomic E-state index is 0.0299. The van der Waals surface area contributed by atoms with Crippen molar-refractivity contribution in [1.82, 2.24) is 4.90 Å². The molecular weight excluding hydrogens is 270 g/mol. The summed E-state index contributed by atoms with van der Waals surface area (Å²) in [6.07, 6.45) is 12.3. The summed E-state index contributed by atoms with van der Waals surface area (Å²) in [4.78, 5) is 13.2. The number of rotatable bonds is 11. The van der Waals surface area contributed by atoms with E-state index in [0.717, 1.165) is 6.42 Å². The number of hydrogen-bond donors (Lipinski definition) is 1. The van der Waals surface area contributed by atoms with Gasteiger partial charge in [-0.15, -0.1) is 12.6 Å². The van der Waals surface area contributed by atoms with Gasteiger partial charge < -0.3 is 9.64 Å². The Morgan fingerprint density at radius 3 is 2.15 bits per heavy atom. The van der Waals surface area contributed by atoms with Crippen LogP contribution in [0.4, 0.5) is 0 Å². The Labute approximate surface area is 129 Å². The van der Waals surface area contributed by atoms with E-state index in [1.807, 2.05) is 7.11 Å². The minimum Gasteiger partial charge on any atom is -0.381 e. The van der Waals surface area contributed by atoms with Gasteiger partial charge in [0.2, 0.25) is 0 Å². The Balaban J connectivity index is 1.82. The highest BCUT2D eigenvalue weighted by molar-refractivity contribution is 7.96. The normalized spacial score (nSPS) is 17.5. The number of carbonyl (C=O) groups excluding carboxylic acids is 1. The third-order valence-corrected chi connectivity index (χ3v) is 4.46. The summed E-state index contributed by atoms with van der Waals surface area (Å²) in [7, 11) is 1.83. The highest BCUT2D eigenvalue weighted by atomic mass is 32.1. The molecule has 0 bridgehead atoms. The first-order valence-corrected chi connectivity index (χ1v) is 8.64. The van der Waals surface area contributed by atoms with Gasteiger partial charge >= 0.3 is 0 Å². The zero-order valence-corrected chi connectivity index (χ0v) is 13.9. The highest BCUT2D eigenvalue weighted by Gasteiger charge is 2.17. The molecule has 3 nitrogen and oxygen atoms in total. The molecule has 0 N–H and O–H groups in total. The van der Waals surface area contributed by atoms with Crippen molar-refractivity contribution in [2.75, 3.05) is 26.7 Å². The van der Waals surface area contributed by atoms with E-state index < -0.39 is 0 Å². The maximum absolute atomic E-state index is 10.7. The molecule has 0 amide bonds. The van der Waals surface area contributed by atoms with Crippen molar-refractivity contribution < 1.29 is 9.53 Å². The first kappa shape index (κ1) is 18.0. The van der Waals surface area contributed by atoms with Crippen LogP contribution in [0.15, 0.2) is 0 Å². The lowest BCUT2D eigenvalue weighted by Crippen LogP contribution is -2.37. The van der Waals surface area contributed by atoms with Crippen LogP contribution in [0.3, 0.4) is 0 Å². The lowest BCUT2D eigenvalue weighted by atomic mass is 10.1. The molecule has 0 aromatic heterocycles. The summed E-state index contributed by atoms with van der Waals surface area (Å²) in [6, 6.07) is 0. The van der Waals surface area contributed by atoms with Crippen LogP contribution >= 0.6 is 12.6 Å². The van der Waals surface area contributed by atoms with Gasteiger partial charge in [-0.05, 0) is 32.2 Å². The van der Waals surface area contributed by atoms with Gasteiger partial charge in [-0.3, -0.25) is 4.79 Å². The molecule has 0 unspecified atom stereocenters. The summed E-state index contributed by atoms with van der Waals surface area (Å²) in [5.74, 6) is 0. The van der Waals surface area contributed by atoms with E-state index in [4.69, 9.17) is 4.74 Å². The van der Waals surface area contributed by atoms with E-state index in [9.17, 15) is 4.79 Å². The number of thiol groups is 1. The second-order valence-corrected chi connectivity index (χ2v) is 6.39. The monoisotopic (exact) mass is 301 g/mol. The van der Waals surface area contributed by atoms with Gasteiger partial charge in [0.25, 0.3) is 0 Å². The summed E-state index contributed by atoms with van der Waals surface area (Å²) >= 11 is 3.78. The molecule has 0 aromatic carbocycles. The molecule has 4 heteroatoms. The fraction of sp³-hybridized carbons (Fsp3) is 0.938. The standard InChI is InChI=1S/C16H31NO2S/c1-19-15-10-13-17(14-11-15)12-8-6-4-2-3-5-7-9-16(18)20/h15H,2-14H2,1H3,(H,18,20). The first-order valence-electron chi connectivity index (χ1n) is 8.19. The Morgan fingerprint density at radius 1 is 1.05 bits per heavy atom. The Kier molecular flexibility index (Phi) is 10.4. The van der Waals surface area contributed by atoms with E-state index in [-0.39, 0.29) is 5.12 Å². The molecule has 1 aliphatic rings. The number of piperidine rings is 1. The predicted molar refractivity (Wildman–Crippen MR) is 87.4 cm³/mol. The van der Waals surface area contributed by atoms with Crippen LogP contribution in [-0.2, 0) is 9.53 Å². The molecule has 0 radical (unpaired) electrons. The predicted octanol–water partition coefficient (Wildman–Crippen LogP) is 3.67. The van der Waals surface area contributed by atoms with Crippen LogP contribution in [0.5, 0.6) is 0 Å². The Hall–Kier alpha value is -0.0600. The van der Waals surface area contributed by atoms with Crippen LogP contribution in [0.25, 0.3) is 0 Å². The smallest absolute Gasteiger partial charge is 0.185 e. The van der Waals surface area contributed by atoms with Crippen LogP contribution in [0.1, 0.15) is 64.2 Å². The van der Waals surface area contributed by atoms with Crippen molar-refractivity contribution in [3.63, 3.8) is 0 Å². The Morgan fingerprint density at radius 2 is 1.60 bits per heavy atom. The van der Waals surface area contributed by atoms with Gasteiger partial charge in [-0.2, -0.15) is 0 Å². The fourth-order valence-corrected chi connectivity index (χ4v) is 3.02. The van der Waals surface area contributed by atoms with Gasteiger partial charge in [0.05, 0.1) is 6.10 Å². The fourth-order valence-electron chi connectivity index (χ4n) is 2.86. The quantitative estimate of drug-likeness (QED) is 0.466. The largest absolute Gasteiger partial charge is 0.381 e. The molecular formula is C16H31NO2S. The van der Waals surface area contributed by atoms with Gasteiger partial charge in [-0.25, -0.2) is 0 Å². The average Bonchev–Trinajstić information content (AvgIpc) is 2.46. The number of carbonyl (C=O) groups is 1. The van der Waals surface area contributed by atoms with Crippen molar-refractivity contribution >= 4 is 17.7 Å². The summed E-state index contributed by atoms with van der Waals surface area (Å²) in [5.41, 5.74) is 0. The van der Waals surface area contributed by atoms with Crippen LogP contribution in [0, 0.1) is 0 Å². The third-order valence-electron chi connectivity index (χ3n) is 4.23. The van der Waals surface area contributed by atoms with Crippen molar-refractivity contribution in [3.8, 4) is 0 Å². The van der Waals surface area contributed by atoms with E-state index in [1.54, 1.807) is 0 Å². The number of hydrogen-bond acceptors (Lipinski definition) is 3. The lowest BCUT2D eigenvalue weighted by Gasteiger charge is -2.31. The van der Waals surface area contributed by atoms with Gasteiger partial charge in [0.15, 0.2) is 5.12 Å². The zero-order valence-electron chi connectivity index (χ0n) is 13.0. The van der Waals surface area contributed by atoms with Crippen molar-refractivity contribution in [2.45, 2.75) is 70.3 Å². The van der Waals surface area contributed by atoms with Gasteiger partial charge in [0.1, 0.15) is 0 Å². The molecule has 1 aliphatic heterocycles. The SMILES string of the molecule is COC1CCN(CCCCCCCCCC(=O)S)CC1. The molecule has 0 atom stereocenters. The van der Waals surface area contributed by atoms with E-state index in [0.29, 0.717) is 12.5 Å². The molecule has 0 saturated carbocycles.